The minimum Gasteiger partial charge on any atom is -0.508 e. The van der Waals surface area contributed by atoms with Crippen molar-refractivity contribution in [2.45, 2.75) is 37.1 Å². The van der Waals surface area contributed by atoms with Crippen LogP contribution in [0.4, 0.5) is 0 Å². The second-order valence-corrected chi connectivity index (χ2v) is 9.62. The first-order valence-corrected chi connectivity index (χ1v) is 12.9. The lowest BCUT2D eigenvalue weighted by atomic mass is 9.90. The quantitative estimate of drug-likeness (QED) is 0.173. The zero-order valence-corrected chi connectivity index (χ0v) is 21.7. The number of phenols is 2. The number of carbonyl (C=O) groups excluding carboxylic acids is 2. The summed E-state index contributed by atoms with van der Waals surface area (Å²) < 4.78 is 0. The molecule has 0 unspecified atom stereocenters. The lowest BCUT2D eigenvalue weighted by molar-refractivity contribution is -0.0219. The zero-order chi connectivity index (χ0) is 28.5. The number of rotatable bonds is 11. The van der Waals surface area contributed by atoms with Crippen molar-refractivity contribution in [1.29, 1.82) is 0 Å². The van der Waals surface area contributed by atoms with E-state index in [2.05, 4.69) is 10.6 Å². The normalized spacial score (nSPS) is 13.9. The lowest BCUT2D eigenvalue weighted by Crippen LogP contribution is -2.57. The van der Waals surface area contributed by atoms with Crippen molar-refractivity contribution in [3.05, 3.63) is 131 Å². The molecule has 0 aliphatic rings. The second kappa shape index (κ2) is 13.4. The fourth-order valence-electron chi connectivity index (χ4n) is 4.52. The predicted octanol–water partition coefficient (Wildman–Crippen LogP) is 3.20. The fraction of sp³-hybridized carbons (Fsp3) is 0.188. The molecule has 4 atom stereocenters. The molecule has 0 aliphatic heterocycles. The number of carbonyl (C=O) groups is 2. The van der Waals surface area contributed by atoms with Crippen molar-refractivity contribution in [3.8, 4) is 11.5 Å². The van der Waals surface area contributed by atoms with Gasteiger partial charge in [0, 0.05) is 11.1 Å². The predicted molar refractivity (Wildman–Crippen MR) is 151 cm³/mol. The Labute approximate surface area is 232 Å². The van der Waals surface area contributed by atoms with Crippen LogP contribution in [0.15, 0.2) is 109 Å². The third-order valence-corrected chi connectivity index (χ3v) is 6.62. The van der Waals surface area contributed by atoms with Gasteiger partial charge in [-0.25, -0.2) is 0 Å². The van der Waals surface area contributed by atoms with Crippen LogP contribution in [-0.4, -0.2) is 56.5 Å². The summed E-state index contributed by atoms with van der Waals surface area (Å²) in [5.74, 6) is -1.23. The van der Waals surface area contributed by atoms with Gasteiger partial charge in [-0.05, 0) is 60.4 Å². The van der Waals surface area contributed by atoms with E-state index in [1.165, 1.54) is 48.5 Å². The van der Waals surface area contributed by atoms with Gasteiger partial charge in [-0.1, -0.05) is 72.8 Å². The minimum absolute atomic E-state index is 0.0783. The Bertz CT molecular complexity index is 1300. The van der Waals surface area contributed by atoms with Crippen molar-refractivity contribution >= 4 is 11.8 Å². The van der Waals surface area contributed by atoms with E-state index in [4.69, 9.17) is 0 Å². The number of aliphatic hydroxyl groups excluding tert-OH is 2. The molecule has 4 aromatic rings. The molecule has 40 heavy (non-hydrogen) atoms. The molecule has 8 nitrogen and oxygen atoms in total. The molecule has 4 rings (SSSR count). The summed E-state index contributed by atoms with van der Waals surface area (Å²) >= 11 is 0. The molecule has 0 saturated carbocycles. The molecule has 2 amide bonds. The van der Waals surface area contributed by atoms with Crippen LogP contribution in [0, 0.1) is 0 Å². The van der Waals surface area contributed by atoms with Crippen molar-refractivity contribution in [2.24, 2.45) is 0 Å². The Morgan fingerprint density at radius 1 is 0.550 bits per heavy atom. The van der Waals surface area contributed by atoms with Crippen LogP contribution < -0.4 is 10.6 Å². The maximum Gasteiger partial charge on any atom is 0.251 e. The molecule has 0 bridgehead atoms. The number of hydrogen-bond acceptors (Lipinski definition) is 6. The summed E-state index contributed by atoms with van der Waals surface area (Å²) in [6.45, 7) is 0. The molecule has 6 N–H and O–H groups in total. The van der Waals surface area contributed by atoms with Gasteiger partial charge in [0.15, 0.2) is 0 Å². The smallest absolute Gasteiger partial charge is 0.251 e. The molecule has 4 aromatic carbocycles. The number of phenolic OH excluding ortho intramolecular Hbond substituents is 2. The van der Waals surface area contributed by atoms with Gasteiger partial charge in [0.05, 0.1) is 12.1 Å². The number of nitrogens with one attached hydrogen (secondary N) is 2. The Balaban J connectivity index is 1.61. The number of aromatic hydroxyl groups is 2. The Morgan fingerprint density at radius 2 is 0.925 bits per heavy atom. The van der Waals surface area contributed by atoms with Crippen molar-refractivity contribution in [2.75, 3.05) is 0 Å². The standard InChI is InChI=1S/C32H32N2O6/c35-25-15-7-13-23(19-25)31(39)33-27(17-21-9-3-1-4-10-21)29(37)30(38)28(18-22-11-5-2-6-12-22)34-32(40)24-14-8-16-26(36)20-24/h1-16,19-20,27-30,35-38H,17-18H2,(H,33,39)(H,34,40)/t27-,28+,29-,30+. The molecule has 206 valence electrons. The van der Waals surface area contributed by atoms with Gasteiger partial charge in [0.2, 0.25) is 0 Å². The van der Waals surface area contributed by atoms with Gasteiger partial charge in [0.1, 0.15) is 23.7 Å². The molecule has 0 radical (unpaired) electrons. The molecular formula is C32H32N2O6. The largest absolute Gasteiger partial charge is 0.508 e. The van der Waals surface area contributed by atoms with Gasteiger partial charge in [-0.3, -0.25) is 9.59 Å². The summed E-state index contributed by atoms with van der Waals surface area (Å²) in [4.78, 5) is 26.1. The Morgan fingerprint density at radius 3 is 1.27 bits per heavy atom. The van der Waals surface area contributed by atoms with Crippen LogP contribution in [0.2, 0.25) is 0 Å². The molecular weight excluding hydrogens is 508 g/mol. The molecule has 8 heteroatoms. The van der Waals surface area contributed by atoms with Gasteiger partial charge in [0.25, 0.3) is 11.8 Å². The van der Waals surface area contributed by atoms with Crippen molar-refractivity contribution in [1.82, 2.24) is 10.6 Å². The third-order valence-electron chi connectivity index (χ3n) is 6.62. The van der Waals surface area contributed by atoms with Crippen molar-refractivity contribution < 1.29 is 30.0 Å². The molecule has 0 aliphatic carbocycles. The zero-order valence-electron chi connectivity index (χ0n) is 21.7. The highest BCUT2D eigenvalue weighted by Crippen LogP contribution is 2.18. The van der Waals surface area contributed by atoms with Gasteiger partial charge >= 0.3 is 0 Å². The molecule has 0 saturated heterocycles. The Kier molecular flexibility index (Phi) is 9.51. The summed E-state index contributed by atoms with van der Waals surface area (Å²) in [5, 5.41) is 48.1. The van der Waals surface area contributed by atoms with E-state index in [-0.39, 0.29) is 35.5 Å². The van der Waals surface area contributed by atoms with E-state index in [1.54, 1.807) is 0 Å². The van der Waals surface area contributed by atoms with E-state index < -0.39 is 36.1 Å². The van der Waals surface area contributed by atoms with Crippen molar-refractivity contribution in [3.63, 3.8) is 0 Å². The van der Waals surface area contributed by atoms with Gasteiger partial charge in [-0.15, -0.1) is 0 Å². The number of amides is 2. The van der Waals surface area contributed by atoms with Crippen LogP contribution in [0.5, 0.6) is 11.5 Å². The van der Waals surface area contributed by atoms with E-state index in [0.717, 1.165) is 11.1 Å². The molecule has 0 fully saturated rings. The first kappa shape index (κ1) is 28.4. The van der Waals surface area contributed by atoms with Crippen LogP contribution in [0.3, 0.4) is 0 Å². The number of benzene rings is 4. The van der Waals surface area contributed by atoms with E-state index in [9.17, 15) is 30.0 Å². The highest BCUT2D eigenvalue weighted by Gasteiger charge is 2.34. The van der Waals surface area contributed by atoms with Crippen LogP contribution in [-0.2, 0) is 12.8 Å². The maximum absolute atomic E-state index is 13.1. The number of aliphatic hydroxyl groups is 2. The maximum atomic E-state index is 13.1. The van der Waals surface area contributed by atoms with E-state index in [0.29, 0.717) is 0 Å². The topological polar surface area (TPSA) is 139 Å². The summed E-state index contributed by atoms with van der Waals surface area (Å²) in [6.07, 6.45) is -2.58. The molecule has 0 heterocycles. The third kappa shape index (κ3) is 7.69. The molecule has 0 spiro atoms. The van der Waals surface area contributed by atoms with E-state index in [1.807, 2.05) is 60.7 Å². The first-order valence-electron chi connectivity index (χ1n) is 12.9. The molecule has 0 aromatic heterocycles. The SMILES string of the molecule is O=C(N[C@@H](Cc1ccccc1)[C@H](O)[C@H](O)[C@@H](Cc1ccccc1)NC(=O)c1cccc(O)c1)c1cccc(O)c1. The average molecular weight is 541 g/mol. The minimum atomic E-state index is -1.49. The summed E-state index contributed by atoms with van der Waals surface area (Å²) in [6, 6.07) is 28.2. The average Bonchev–Trinajstić information content (AvgIpc) is 2.96. The van der Waals surface area contributed by atoms with Gasteiger partial charge in [-0.2, -0.15) is 0 Å². The monoisotopic (exact) mass is 540 g/mol. The Hall–Kier alpha value is -4.66. The summed E-state index contributed by atoms with van der Waals surface area (Å²) in [7, 11) is 0. The highest BCUT2D eigenvalue weighted by atomic mass is 16.3. The van der Waals surface area contributed by atoms with Crippen LogP contribution >= 0.6 is 0 Å². The van der Waals surface area contributed by atoms with Crippen LogP contribution in [0.1, 0.15) is 31.8 Å². The van der Waals surface area contributed by atoms with Crippen LogP contribution in [0.25, 0.3) is 0 Å². The fourth-order valence-corrected chi connectivity index (χ4v) is 4.52. The second-order valence-electron chi connectivity index (χ2n) is 9.62. The highest BCUT2D eigenvalue weighted by molar-refractivity contribution is 5.95. The lowest BCUT2D eigenvalue weighted by Gasteiger charge is -2.33. The summed E-state index contributed by atoms with van der Waals surface area (Å²) in [5.41, 5.74) is 2.02. The van der Waals surface area contributed by atoms with E-state index >= 15 is 0 Å². The number of hydrogen-bond donors (Lipinski definition) is 6. The first-order chi connectivity index (χ1) is 19.3. The van der Waals surface area contributed by atoms with Gasteiger partial charge < -0.3 is 31.1 Å².